The molecule has 108 valence electrons. The van der Waals surface area contributed by atoms with E-state index in [0.29, 0.717) is 12.5 Å². The van der Waals surface area contributed by atoms with Gasteiger partial charge in [0.1, 0.15) is 9.84 Å². The lowest BCUT2D eigenvalue weighted by Crippen LogP contribution is -2.48. The second-order valence-corrected chi connectivity index (χ2v) is 8.45. The van der Waals surface area contributed by atoms with Crippen LogP contribution >= 0.6 is 0 Å². The molecule has 1 unspecified atom stereocenters. The van der Waals surface area contributed by atoms with E-state index in [0.717, 1.165) is 25.7 Å². The predicted octanol–water partition coefficient (Wildman–Crippen LogP) is 1.29. The summed E-state index contributed by atoms with van der Waals surface area (Å²) in [6.45, 7) is 4.68. The molecule has 0 bridgehead atoms. The highest BCUT2D eigenvalue weighted by Crippen LogP contribution is 2.32. The van der Waals surface area contributed by atoms with E-state index >= 15 is 0 Å². The van der Waals surface area contributed by atoms with Gasteiger partial charge in [0, 0.05) is 18.8 Å². The van der Waals surface area contributed by atoms with Gasteiger partial charge in [-0.3, -0.25) is 4.90 Å². The van der Waals surface area contributed by atoms with Gasteiger partial charge in [-0.1, -0.05) is 6.92 Å². The summed E-state index contributed by atoms with van der Waals surface area (Å²) >= 11 is 0. The molecule has 0 spiro atoms. The summed E-state index contributed by atoms with van der Waals surface area (Å²) in [4.78, 5) is 1.97. The quantitative estimate of drug-likeness (QED) is 0.823. The van der Waals surface area contributed by atoms with Crippen molar-refractivity contribution >= 4 is 9.84 Å². The third-order valence-corrected chi connectivity index (χ3v) is 5.13. The van der Waals surface area contributed by atoms with Crippen LogP contribution in [0.15, 0.2) is 0 Å². The zero-order valence-corrected chi connectivity index (χ0v) is 12.8. The van der Waals surface area contributed by atoms with E-state index in [9.17, 15) is 13.5 Å². The summed E-state index contributed by atoms with van der Waals surface area (Å²) in [7, 11) is -1.07. The van der Waals surface area contributed by atoms with Gasteiger partial charge in [-0.05, 0) is 45.6 Å². The van der Waals surface area contributed by atoms with Gasteiger partial charge in [0.2, 0.25) is 0 Å². The Morgan fingerprint density at radius 3 is 2.33 bits per heavy atom. The molecule has 1 atom stereocenters. The van der Waals surface area contributed by atoms with Crippen molar-refractivity contribution in [1.29, 1.82) is 0 Å². The Hall–Kier alpha value is -0.130. The van der Waals surface area contributed by atoms with E-state index < -0.39 is 15.4 Å². The second-order valence-electron chi connectivity index (χ2n) is 6.26. The van der Waals surface area contributed by atoms with E-state index in [1.165, 1.54) is 6.26 Å². The lowest BCUT2D eigenvalue weighted by molar-refractivity contribution is -0.0350. The first kappa shape index (κ1) is 15.9. The Bertz CT molecular complexity index is 358. The Labute approximate surface area is 111 Å². The molecule has 18 heavy (non-hydrogen) atoms. The van der Waals surface area contributed by atoms with Crippen molar-refractivity contribution in [3.05, 3.63) is 0 Å². The molecule has 0 aliphatic heterocycles. The van der Waals surface area contributed by atoms with Gasteiger partial charge in [0.05, 0.1) is 11.4 Å². The lowest BCUT2D eigenvalue weighted by atomic mass is 9.79. The molecular weight excluding hydrogens is 250 g/mol. The standard InChI is InChI=1S/C13H27NO3S/c1-11-5-7-13(15,8-6-11)10-14(3)12(2)9-18(4,16)17/h11-12,15H,5-10H2,1-4H3. The average Bonchev–Trinajstić information content (AvgIpc) is 2.20. The van der Waals surface area contributed by atoms with Crippen LogP contribution in [0.5, 0.6) is 0 Å². The smallest absolute Gasteiger partial charge is 0.148 e. The monoisotopic (exact) mass is 277 g/mol. The van der Waals surface area contributed by atoms with E-state index in [1.54, 1.807) is 0 Å². The minimum atomic E-state index is -2.96. The first-order chi connectivity index (χ1) is 8.11. The van der Waals surface area contributed by atoms with Crippen molar-refractivity contribution in [2.75, 3.05) is 25.6 Å². The Morgan fingerprint density at radius 1 is 1.39 bits per heavy atom. The van der Waals surface area contributed by atoms with Crippen LogP contribution in [0.2, 0.25) is 0 Å². The van der Waals surface area contributed by atoms with E-state index in [-0.39, 0.29) is 11.8 Å². The molecule has 1 aliphatic carbocycles. The summed E-state index contributed by atoms with van der Waals surface area (Å²) in [6, 6.07) is -0.0524. The molecule has 0 saturated heterocycles. The van der Waals surface area contributed by atoms with E-state index in [2.05, 4.69) is 6.92 Å². The van der Waals surface area contributed by atoms with Gasteiger partial charge in [-0.15, -0.1) is 0 Å². The summed E-state index contributed by atoms with van der Waals surface area (Å²) in [5.74, 6) is 0.847. The van der Waals surface area contributed by atoms with Gasteiger partial charge < -0.3 is 5.11 Å². The molecule has 0 heterocycles. The van der Waals surface area contributed by atoms with Crippen LogP contribution in [-0.2, 0) is 9.84 Å². The van der Waals surface area contributed by atoms with Gasteiger partial charge >= 0.3 is 0 Å². The molecule has 1 fully saturated rings. The first-order valence-electron chi connectivity index (χ1n) is 6.72. The highest BCUT2D eigenvalue weighted by Gasteiger charge is 2.33. The second kappa shape index (κ2) is 5.88. The molecule has 1 saturated carbocycles. The maximum absolute atomic E-state index is 11.3. The number of sulfone groups is 1. The highest BCUT2D eigenvalue weighted by molar-refractivity contribution is 7.90. The highest BCUT2D eigenvalue weighted by atomic mass is 32.2. The van der Waals surface area contributed by atoms with Crippen LogP contribution < -0.4 is 0 Å². The Morgan fingerprint density at radius 2 is 1.89 bits per heavy atom. The minimum absolute atomic E-state index is 0.0524. The van der Waals surface area contributed by atoms with Crippen molar-refractivity contribution in [3.63, 3.8) is 0 Å². The van der Waals surface area contributed by atoms with Crippen molar-refractivity contribution in [2.45, 2.75) is 51.2 Å². The number of hydrogen-bond donors (Lipinski definition) is 1. The Balaban J connectivity index is 2.51. The fraction of sp³-hybridized carbons (Fsp3) is 1.00. The zero-order chi connectivity index (χ0) is 14.0. The van der Waals surface area contributed by atoms with E-state index in [1.807, 2.05) is 18.9 Å². The number of likely N-dealkylation sites (N-methyl/N-ethyl adjacent to an activating group) is 1. The summed E-state index contributed by atoms with van der Waals surface area (Å²) < 4.78 is 22.5. The maximum Gasteiger partial charge on any atom is 0.148 e. The molecule has 4 nitrogen and oxygen atoms in total. The number of aliphatic hydroxyl groups is 1. The molecule has 0 aromatic heterocycles. The van der Waals surface area contributed by atoms with Gasteiger partial charge in [-0.2, -0.15) is 0 Å². The fourth-order valence-electron chi connectivity index (χ4n) is 2.64. The van der Waals surface area contributed by atoms with Crippen molar-refractivity contribution in [2.24, 2.45) is 5.92 Å². The maximum atomic E-state index is 11.3. The van der Waals surface area contributed by atoms with Crippen LogP contribution in [0, 0.1) is 5.92 Å². The van der Waals surface area contributed by atoms with Gasteiger partial charge in [0.25, 0.3) is 0 Å². The summed E-state index contributed by atoms with van der Waals surface area (Å²) in [5.41, 5.74) is -0.632. The number of nitrogens with zero attached hydrogens (tertiary/aromatic N) is 1. The summed E-state index contributed by atoms with van der Waals surface area (Å²) in [6.07, 6.45) is 5.03. The Kier molecular flexibility index (Phi) is 5.21. The average molecular weight is 277 g/mol. The lowest BCUT2D eigenvalue weighted by Gasteiger charge is -2.39. The SMILES string of the molecule is CC1CCC(O)(CN(C)C(C)CS(C)(=O)=O)CC1. The van der Waals surface area contributed by atoms with Crippen molar-refractivity contribution in [3.8, 4) is 0 Å². The third-order valence-electron chi connectivity index (χ3n) is 4.05. The molecule has 0 aromatic rings. The molecule has 1 N–H and O–H groups in total. The number of hydrogen-bond acceptors (Lipinski definition) is 4. The van der Waals surface area contributed by atoms with Gasteiger partial charge in [0.15, 0.2) is 0 Å². The van der Waals surface area contributed by atoms with Crippen LogP contribution in [0.4, 0.5) is 0 Å². The van der Waals surface area contributed by atoms with Crippen LogP contribution in [0.25, 0.3) is 0 Å². The molecule has 0 radical (unpaired) electrons. The fourth-order valence-corrected chi connectivity index (χ4v) is 3.77. The molecule has 0 aromatic carbocycles. The topological polar surface area (TPSA) is 57.6 Å². The van der Waals surface area contributed by atoms with Crippen LogP contribution in [0.3, 0.4) is 0 Å². The zero-order valence-electron chi connectivity index (χ0n) is 12.0. The minimum Gasteiger partial charge on any atom is -0.389 e. The molecular formula is C13H27NO3S. The molecule has 1 rings (SSSR count). The van der Waals surface area contributed by atoms with Crippen LogP contribution in [-0.4, -0.2) is 55.7 Å². The first-order valence-corrected chi connectivity index (χ1v) is 8.78. The molecule has 0 amide bonds. The van der Waals surface area contributed by atoms with E-state index in [4.69, 9.17) is 0 Å². The van der Waals surface area contributed by atoms with Crippen molar-refractivity contribution in [1.82, 2.24) is 4.90 Å². The van der Waals surface area contributed by atoms with Gasteiger partial charge in [-0.25, -0.2) is 8.42 Å². The predicted molar refractivity (Wildman–Crippen MR) is 74.4 cm³/mol. The number of rotatable bonds is 5. The third kappa shape index (κ3) is 5.24. The van der Waals surface area contributed by atoms with Crippen LogP contribution in [0.1, 0.15) is 39.5 Å². The molecule has 1 aliphatic rings. The molecule has 5 heteroatoms. The summed E-state index contributed by atoms with van der Waals surface area (Å²) in [5, 5.41) is 10.5. The largest absolute Gasteiger partial charge is 0.389 e. The van der Waals surface area contributed by atoms with Crippen molar-refractivity contribution < 1.29 is 13.5 Å². The normalized spacial score (nSPS) is 31.6.